The molecule has 0 saturated heterocycles. The van der Waals surface area contributed by atoms with E-state index in [1.54, 1.807) is 0 Å². The average Bonchev–Trinajstić information content (AvgIpc) is 2.85. The van der Waals surface area contributed by atoms with Crippen molar-refractivity contribution in [3.05, 3.63) is 36.0 Å². The van der Waals surface area contributed by atoms with Crippen molar-refractivity contribution >= 4 is 16.8 Å². The van der Waals surface area contributed by atoms with Crippen LogP contribution in [0.5, 0.6) is 0 Å². The van der Waals surface area contributed by atoms with E-state index in [1.165, 1.54) is 32.1 Å². The third-order valence-electron chi connectivity index (χ3n) is 4.21. The maximum Gasteiger partial charge on any atom is 0.267 e. The number of rotatable bonds is 2. The standard InChI is InChI=1S/C17H22N2O/c20-17(18-14-9-4-2-1-3-5-10-14)16-12-13-8-6-7-11-15(13)19-16/h6-8,11-12,14,19H,1-5,9-10H2,(H,18,20). The van der Waals surface area contributed by atoms with Crippen molar-refractivity contribution in [2.24, 2.45) is 0 Å². The van der Waals surface area contributed by atoms with E-state index in [4.69, 9.17) is 0 Å². The van der Waals surface area contributed by atoms with Crippen LogP contribution in [0.4, 0.5) is 0 Å². The summed E-state index contributed by atoms with van der Waals surface area (Å²) in [6.45, 7) is 0. The second kappa shape index (κ2) is 6.12. The van der Waals surface area contributed by atoms with Gasteiger partial charge in [0.15, 0.2) is 0 Å². The number of carbonyl (C=O) groups excluding carboxylic acids is 1. The molecule has 1 aliphatic carbocycles. The Hall–Kier alpha value is -1.77. The van der Waals surface area contributed by atoms with Crippen LogP contribution in [0, 0.1) is 0 Å². The van der Waals surface area contributed by atoms with Crippen LogP contribution in [0.25, 0.3) is 10.9 Å². The maximum atomic E-state index is 12.3. The Morgan fingerprint density at radius 1 is 1.05 bits per heavy atom. The van der Waals surface area contributed by atoms with E-state index in [0.29, 0.717) is 11.7 Å². The Kier molecular flexibility index (Phi) is 4.05. The van der Waals surface area contributed by atoms with Crippen LogP contribution in [-0.4, -0.2) is 16.9 Å². The van der Waals surface area contributed by atoms with Crippen molar-refractivity contribution in [3.63, 3.8) is 0 Å². The minimum absolute atomic E-state index is 0.0340. The van der Waals surface area contributed by atoms with Gasteiger partial charge in [-0.1, -0.05) is 50.3 Å². The van der Waals surface area contributed by atoms with Crippen molar-refractivity contribution in [3.8, 4) is 0 Å². The summed E-state index contributed by atoms with van der Waals surface area (Å²) >= 11 is 0. The number of aromatic nitrogens is 1. The predicted molar refractivity (Wildman–Crippen MR) is 81.9 cm³/mol. The zero-order valence-electron chi connectivity index (χ0n) is 11.8. The van der Waals surface area contributed by atoms with Gasteiger partial charge in [0.2, 0.25) is 0 Å². The van der Waals surface area contributed by atoms with Crippen molar-refractivity contribution in [2.75, 3.05) is 0 Å². The van der Waals surface area contributed by atoms with Crippen LogP contribution in [0.1, 0.15) is 55.4 Å². The Morgan fingerprint density at radius 2 is 1.75 bits per heavy atom. The van der Waals surface area contributed by atoms with Crippen molar-refractivity contribution in [2.45, 2.75) is 51.0 Å². The van der Waals surface area contributed by atoms with E-state index in [0.717, 1.165) is 23.7 Å². The number of fused-ring (bicyclic) bond motifs is 1. The van der Waals surface area contributed by atoms with Crippen LogP contribution in [0.3, 0.4) is 0 Å². The Bertz CT molecular complexity index is 546. The first-order valence-corrected chi connectivity index (χ1v) is 7.71. The number of benzene rings is 1. The monoisotopic (exact) mass is 270 g/mol. The van der Waals surface area contributed by atoms with Crippen LogP contribution in [0.2, 0.25) is 0 Å². The molecule has 3 rings (SSSR count). The quantitative estimate of drug-likeness (QED) is 0.851. The summed E-state index contributed by atoms with van der Waals surface area (Å²) in [5.74, 6) is 0.0340. The van der Waals surface area contributed by atoms with Crippen molar-refractivity contribution < 1.29 is 4.79 Å². The molecule has 0 aliphatic heterocycles. The van der Waals surface area contributed by atoms with E-state index < -0.39 is 0 Å². The molecule has 20 heavy (non-hydrogen) atoms. The lowest BCUT2D eigenvalue weighted by Crippen LogP contribution is -2.35. The second-order valence-corrected chi connectivity index (χ2v) is 5.79. The van der Waals surface area contributed by atoms with Gasteiger partial charge in [-0.25, -0.2) is 0 Å². The molecule has 1 aromatic heterocycles. The molecule has 1 aromatic carbocycles. The van der Waals surface area contributed by atoms with Gasteiger partial charge in [0.05, 0.1) is 0 Å². The number of amides is 1. The first-order chi connectivity index (χ1) is 9.83. The largest absolute Gasteiger partial charge is 0.351 e. The molecule has 2 N–H and O–H groups in total. The number of aromatic amines is 1. The number of H-pyrrole nitrogens is 1. The number of nitrogens with one attached hydrogen (secondary N) is 2. The smallest absolute Gasteiger partial charge is 0.267 e. The fourth-order valence-corrected chi connectivity index (χ4v) is 3.06. The fourth-order valence-electron chi connectivity index (χ4n) is 3.06. The second-order valence-electron chi connectivity index (χ2n) is 5.79. The minimum atomic E-state index is 0.0340. The maximum absolute atomic E-state index is 12.3. The molecule has 1 saturated carbocycles. The van der Waals surface area contributed by atoms with Crippen LogP contribution in [0.15, 0.2) is 30.3 Å². The molecule has 3 heteroatoms. The number of hydrogen-bond donors (Lipinski definition) is 2. The highest BCUT2D eigenvalue weighted by Gasteiger charge is 2.16. The van der Waals surface area contributed by atoms with Crippen molar-refractivity contribution in [1.29, 1.82) is 0 Å². The van der Waals surface area contributed by atoms with Gasteiger partial charge in [0, 0.05) is 16.9 Å². The molecule has 0 radical (unpaired) electrons. The van der Waals surface area contributed by atoms with Gasteiger partial charge >= 0.3 is 0 Å². The van der Waals surface area contributed by atoms with Crippen LogP contribution < -0.4 is 5.32 Å². The summed E-state index contributed by atoms with van der Waals surface area (Å²) in [4.78, 5) is 15.5. The van der Waals surface area contributed by atoms with Gasteiger partial charge in [-0.05, 0) is 25.0 Å². The SMILES string of the molecule is O=C(NC1CCCCCCC1)c1cc2ccccc2[nH]1. The van der Waals surface area contributed by atoms with Gasteiger partial charge in [0.25, 0.3) is 5.91 Å². The van der Waals surface area contributed by atoms with E-state index >= 15 is 0 Å². The van der Waals surface area contributed by atoms with Gasteiger partial charge in [-0.2, -0.15) is 0 Å². The zero-order valence-corrected chi connectivity index (χ0v) is 11.8. The highest BCUT2D eigenvalue weighted by Crippen LogP contribution is 2.18. The van der Waals surface area contributed by atoms with Crippen LogP contribution in [-0.2, 0) is 0 Å². The van der Waals surface area contributed by atoms with Crippen LogP contribution >= 0.6 is 0 Å². The highest BCUT2D eigenvalue weighted by atomic mass is 16.1. The fraction of sp³-hybridized carbons (Fsp3) is 0.471. The summed E-state index contributed by atoms with van der Waals surface area (Å²) < 4.78 is 0. The van der Waals surface area contributed by atoms with Crippen molar-refractivity contribution in [1.82, 2.24) is 10.3 Å². The van der Waals surface area contributed by atoms with E-state index in [1.807, 2.05) is 30.3 Å². The van der Waals surface area contributed by atoms with E-state index in [2.05, 4.69) is 10.3 Å². The molecular formula is C17H22N2O. The summed E-state index contributed by atoms with van der Waals surface area (Å²) in [7, 11) is 0. The molecule has 3 nitrogen and oxygen atoms in total. The minimum Gasteiger partial charge on any atom is -0.351 e. The number of para-hydroxylation sites is 1. The predicted octanol–water partition coefficient (Wildman–Crippen LogP) is 4.01. The molecular weight excluding hydrogens is 248 g/mol. The lowest BCUT2D eigenvalue weighted by Gasteiger charge is -2.20. The Labute approximate surface area is 119 Å². The number of hydrogen-bond acceptors (Lipinski definition) is 1. The Balaban J connectivity index is 1.68. The summed E-state index contributed by atoms with van der Waals surface area (Å²) in [6.07, 6.45) is 8.66. The third kappa shape index (κ3) is 3.03. The first-order valence-electron chi connectivity index (χ1n) is 7.71. The lowest BCUT2D eigenvalue weighted by molar-refractivity contribution is 0.0926. The van der Waals surface area contributed by atoms with E-state index in [-0.39, 0.29) is 5.91 Å². The molecule has 1 fully saturated rings. The molecule has 1 heterocycles. The molecule has 2 aromatic rings. The summed E-state index contributed by atoms with van der Waals surface area (Å²) in [5, 5.41) is 4.29. The lowest BCUT2D eigenvalue weighted by atomic mass is 9.96. The number of carbonyl (C=O) groups is 1. The van der Waals surface area contributed by atoms with Gasteiger partial charge in [0.1, 0.15) is 5.69 Å². The van der Waals surface area contributed by atoms with Gasteiger partial charge in [-0.3, -0.25) is 4.79 Å². The summed E-state index contributed by atoms with van der Waals surface area (Å²) in [6, 6.07) is 10.3. The molecule has 0 unspecified atom stereocenters. The summed E-state index contributed by atoms with van der Waals surface area (Å²) in [5.41, 5.74) is 1.70. The molecule has 0 atom stereocenters. The molecule has 1 aliphatic rings. The van der Waals surface area contributed by atoms with E-state index in [9.17, 15) is 4.79 Å². The first kappa shape index (κ1) is 13.2. The molecule has 0 spiro atoms. The molecule has 1 amide bonds. The Morgan fingerprint density at radius 3 is 2.50 bits per heavy atom. The zero-order chi connectivity index (χ0) is 13.8. The van der Waals surface area contributed by atoms with Gasteiger partial charge in [-0.15, -0.1) is 0 Å². The molecule has 106 valence electrons. The highest BCUT2D eigenvalue weighted by molar-refractivity contribution is 5.98. The normalized spacial score (nSPS) is 17.6. The van der Waals surface area contributed by atoms with Gasteiger partial charge < -0.3 is 10.3 Å². The topological polar surface area (TPSA) is 44.9 Å². The third-order valence-corrected chi connectivity index (χ3v) is 4.21. The average molecular weight is 270 g/mol. The molecule has 0 bridgehead atoms.